The van der Waals surface area contributed by atoms with Gasteiger partial charge < -0.3 is 14.6 Å². The molecular weight excluding hydrogens is 302 g/mol. The van der Waals surface area contributed by atoms with Crippen LogP contribution >= 0.6 is 12.2 Å². The standard InChI is InChI=1S/C15H17N3O3S/c1-11(12-5-3-6-13(9-12)18(19)20)17(2)15(22)16-10-14-7-4-8-21-14/h3-9,11H,10H2,1-2H3,(H,16,22)/t11-/m0/s1. The van der Waals surface area contributed by atoms with Crippen LogP contribution in [0.4, 0.5) is 5.69 Å². The third-order valence-electron chi connectivity index (χ3n) is 3.46. The molecule has 0 aliphatic carbocycles. The highest BCUT2D eigenvalue weighted by Gasteiger charge is 2.17. The zero-order valence-electron chi connectivity index (χ0n) is 12.4. The van der Waals surface area contributed by atoms with E-state index in [9.17, 15) is 10.1 Å². The van der Waals surface area contributed by atoms with Crippen molar-refractivity contribution in [2.24, 2.45) is 0 Å². The van der Waals surface area contributed by atoms with Crippen LogP contribution in [0.2, 0.25) is 0 Å². The first-order valence-corrected chi connectivity index (χ1v) is 7.17. The van der Waals surface area contributed by atoms with E-state index in [1.54, 1.807) is 18.4 Å². The molecule has 116 valence electrons. The lowest BCUT2D eigenvalue weighted by molar-refractivity contribution is -0.384. The third-order valence-corrected chi connectivity index (χ3v) is 3.89. The van der Waals surface area contributed by atoms with E-state index in [0.29, 0.717) is 11.7 Å². The molecule has 2 aromatic rings. The fourth-order valence-electron chi connectivity index (χ4n) is 2.00. The summed E-state index contributed by atoms with van der Waals surface area (Å²) in [5, 5.41) is 14.5. The molecule has 0 saturated heterocycles. The van der Waals surface area contributed by atoms with Crippen molar-refractivity contribution in [3.8, 4) is 0 Å². The SMILES string of the molecule is C[C@@H](c1cccc([N+](=O)[O-])c1)N(C)C(=S)NCc1ccco1. The van der Waals surface area contributed by atoms with Crippen molar-refractivity contribution in [2.75, 3.05) is 7.05 Å². The molecule has 2 rings (SSSR count). The summed E-state index contributed by atoms with van der Waals surface area (Å²) in [7, 11) is 1.85. The average Bonchev–Trinajstić information content (AvgIpc) is 3.04. The fourth-order valence-corrected chi connectivity index (χ4v) is 2.23. The normalized spacial score (nSPS) is 11.7. The van der Waals surface area contributed by atoms with Crippen LogP contribution in [0.25, 0.3) is 0 Å². The maximum absolute atomic E-state index is 10.9. The van der Waals surface area contributed by atoms with E-state index in [1.807, 2.05) is 37.1 Å². The first kappa shape index (κ1) is 16.0. The van der Waals surface area contributed by atoms with Gasteiger partial charge in [-0.15, -0.1) is 0 Å². The Hall–Kier alpha value is -2.41. The number of nitrogens with one attached hydrogen (secondary N) is 1. The Labute approximate surface area is 133 Å². The van der Waals surface area contributed by atoms with Gasteiger partial charge in [0.1, 0.15) is 5.76 Å². The number of furan rings is 1. The Balaban J connectivity index is 2.01. The zero-order valence-corrected chi connectivity index (χ0v) is 13.2. The van der Waals surface area contributed by atoms with E-state index in [-0.39, 0.29) is 11.7 Å². The minimum absolute atomic E-state index is 0.0761. The summed E-state index contributed by atoms with van der Waals surface area (Å²) in [5.74, 6) is 0.791. The van der Waals surface area contributed by atoms with Crippen LogP contribution in [-0.2, 0) is 6.54 Å². The number of nitro groups is 1. The molecule has 0 radical (unpaired) electrons. The van der Waals surface area contributed by atoms with Crippen LogP contribution in [0, 0.1) is 10.1 Å². The van der Waals surface area contributed by atoms with E-state index in [4.69, 9.17) is 16.6 Å². The zero-order chi connectivity index (χ0) is 16.1. The summed E-state index contributed by atoms with van der Waals surface area (Å²) in [5.41, 5.74) is 0.908. The van der Waals surface area contributed by atoms with Crippen LogP contribution in [0.3, 0.4) is 0 Å². The summed E-state index contributed by atoms with van der Waals surface area (Å²) in [6.45, 7) is 2.44. The molecule has 0 aliphatic heterocycles. The monoisotopic (exact) mass is 319 g/mol. The van der Waals surface area contributed by atoms with Crippen molar-refractivity contribution >= 4 is 23.0 Å². The van der Waals surface area contributed by atoms with Gasteiger partial charge in [0.2, 0.25) is 0 Å². The second-order valence-corrected chi connectivity index (χ2v) is 5.26. The minimum atomic E-state index is -0.399. The summed E-state index contributed by atoms with van der Waals surface area (Å²) in [6, 6.07) is 10.2. The molecule has 0 unspecified atom stereocenters. The molecule has 0 bridgehead atoms. The Morgan fingerprint density at radius 2 is 2.23 bits per heavy atom. The van der Waals surface area contributed by atoms with E-state index >= 15 is 0 Å². The molecule has 0 spiro atoms. The lowest BCUT2D eigenvalue weighted by atomic mass is 10.1. The van der Waals surface area contributed by atoms with Gasteiger partial charge in [0.05, 0.1) is 23.8 Å². The maximum Gasteiger partial charge on any atom is 0.269 e. The summed E-state index contributed by atoms with van der Waals surface area (Å²) >= 11 is 5.35. The number of nitro benzene ring substituents is 1. The quantitative estimate of drug-likeness (QED) is 0.518. The average molecular weight is 319 g/mol. The molecule has 1 aromatic heterocycles. The molecule has 1 aromatic carbocycles. The molecule has 7 heteroatoms. The van der Waals surface area contributed by atoms with Gasteiger partial charge in [-0.05, 0) is 36.8 Å². The van der Waals surface area contributed by atoms with Gasteiger partial charge in [-0.1, -0.05) is 12.1 Å². The highest BCUT2D eigenvalue weighted by atomic mass is 32.1. The molecule has 0 saturated carbocycles. The van der Waals surface area contributed by atoms with Gasteiger partial charge in [0.25, 0.3) is 5.69 Å². The van der Waals surface area contributed by atoms with E-state index < -0.39 is 4.92 Å². The summed E-state index contributed by atoms with van der Waals surface area (Å²) in [6.07, 6.45) is 1.61. The Morgan fingerprint density at radius 1 is 1.45 bits per heavy atom. The molecule has 1 N–H and O–H groups in total. The molecule has 6 nitrogen and oxygen atoms in total. The number of rotatable bonds is 5. The van der Waals surface area contributed by atoms with E-state index in [0.717, 1.165) is 11.3 Å². The number of thiocarbonyl (C=S) groups is 1. The molecule has 1 atom stereocenters. The molecule has 0 fully saturated rings. The van der Waals surface area contributed by atoms with Gasteiger partial charge >= 0.3 is 0 Å². The topological polar surface area (TPSA) is 71.6 Å². The Morgan fingerprint density at radius 3 is 2.86 bits per heavy atom. The number of hydrogen-bond donors (Lipinski definition) is 1. The van der Waals surface area contributed by atoms with Gasteiger partial charge in [-0.2, -0.15) is 0 Å². The first-order valence-electron chi connectivity index (χ1n) is 6.76. The van der Waals surface area contributed by atoms with Crippen molar-refractivity contribution in [2.45, 2.75) is 19.5 Å². The van der Waals surface area contributed by atoms with Gasteiger partial charge in [0, 0.05) is 19.2 Å². The Bertz CT molecular complexity index is 658. The summed E-state index contributed by atoms with van der Waals surface area (Å²) in [4.78, 5) is 12.3. The van der Waals surface area contributed by atoms with Crippen LogP contribution < -0.4 is 5.32 Å². The van der Waals surface area contributed by atoms with Crippen LogP contribution in [-0.4, -0.2) is 22.0 Å². The van der Waals surface area contributed by atoms with Crippen LogP contribution in [0.15, 0.2) is 47.1 Å². The molecule has 1 heterocycles. The predicted molar refractivity (Wildman–Crippen MR) is 87.4 cm³/mol. The molecule has 22 heavy (non-hydrogen) atoms. The van der Waals surface area contributed by atoms with Crippen molar-refractivity contribution in [1.29, 1.82) is 0 Å². The smallest absolute Gasteiger partial charge is 0.269 e. The summed E-state index contributed by atoms with van der Waals surface area (Å²) < 4.78 is 5.24. The number of non-ortho nitro benzene ring substituents is 1. The highest BCUT2D eigenvalue weighted by Crippen LogP contribution is 2.23. The minimum Gasteiger partial charge on any atom is -0.467 e. The predicted octanol–water partition coefficient (Wildman–Crippen LogP) is 3.26. The van der Waals surface area contributed by atoms with Crippen molar-refractivity contribution in [3.05, 3.63) is 64.1 Å². The van der Waals surface area contributed by atoms with Crippen LogP contribution in [0.5, 0.6) is 0 Å². The largest absolute Gasteiger partial charge is 0.467 e. The first-order chi connectivity index (χ1) is 10.5. The van der Waals surface area contributed by atoms with Gasteiger partial charge in [0.15, 0.2) is 5.11 Å². The van der Waals surface area contributed by atoms with Gasteiger partial charge in [-0.3, -0.25) is 10.1 Å². The second-order valence-electron chi connectivity index (χ2n) is 4.88. The number of hydrogen-bond acceptors (Lipinski definition) is 4. The van der Waals surface area contributed by atoms with E-state index in [1.165, 1.54) is 6.07 Å². The van der Waals surface area contributed by atoms with Crippen molar-refractivity contribution < 1.29 is 9.34 Å². The lowest BCUT2D eigenvalue weighted by Gasteiger charge is -2.27. The molecule has 0 amide bonds. The van der Waals surface area contributed by atoms with Crippen LogP contribution in [0.1, 0.15) is 24.3 Å². The molecule has 0 aliphatic rings. The highest BCUT2D eigenvalue weighted by molar-refractivity contribution is 7.80. The van der Waals surface area contributed by atoms with Crippen molar-refractivity contribution in [3.63, 3.8) is 0 Å². The van der Waals surface area contributed by atoms with Gasteiger partial charge in [-0.25, -0.2) is 0 Å². The molecular formula is C15H17N3O3S. The Kier molecular flexibility index (Phi) is 5.11. The second kappa shape index (κ2) is 7.04. The number of benzene rings is 1. The van der Waals surface area contributed by atoms with E-state index in [2.05, 4.69) is 5.32 Å². The third kappa shape index (κ3) is 3.82. The maximum atomic E-state index is 10.9. The van der Waals surface area contributed by atoms with Crippen molar-refractivity contribution in [1.82, 2.24) is 10.2 Å². The number of nitrogens with zero attached hydrogens (tertiary/aromatic N) is 2. The lowest BCUT2D eigenvalue weighted by Crippen LogP contribution is -2.38. The fraction of sp³-hybridized carbons (Fsp3) is 0.267.